The second-order valence-corrected chi connectivity index (χ2v) is 5.42. The molecule has 112 valence electrons. The number of hydrogen-bond acceptors (Lipinski definition) is 2. The Morgan fingerprint density at radius 1 is 1.05 bits per heavy atom. The minimum absolute atomic E-state index is 0.0358. The highest BCUT2D eigenvalue weighted by Crippen LogP contribution is 2.32. The molecular formula is C14H13ClF2N2O2. The van der Waals surface area contributed by atoms with Crippen LogP contribution in [0.2, 0.25) is 5.15 Å². The summed E-state index contributed by atoms with van der Waals surface area (Å²) < 4.78 is 30.2. The van der Waals surface area contributed by atoms with Gasteiger partial charge in [0.2, 0.25) is 0 Å². The van der Waals surface area contributed by atoms with Crippen molar-refractivity contribution in [3.05, 3.63) is 39.3 Å². The van der Waals surface area contributed by atoms with E-state index in [0.717, 1.165) is 25.3 Å². The molecule has 0 aliphatic carbocycles. The van der Waals surface area contributed by atoms with Gasteiger partial charge in [-0.1, -0.05) is 11.6 Å². The summed E-state index contributed by atoms with van der Waals surface area (Å²) in [7, 11) is 0. The Morgan fingerprint density at radius 2 is 1.71 bits per heavy atom. The average Bonchev–Trinajstić information content (AvgIpc) is 2.63. The van der Waals surface area contributed by atoms with Gasteiger partial charge in [0.05, 0.1) is 5.56 Å². The van der Waals surface area contributed by atoms with Crippen LogP contribution in [0.1, 0.15) is 19.3 Å². The maximum absolute atomic E-state index is 14.0. The van der Waals surface area contributed by atoms with Crippen molar-refractivity contribution in [1.29, 1.82) is 0 Å². The molecule has 1 aromatic carbocycles. The lowest BCUT2D eigenvalue weighted by molar-refractivity contribution is 0.428. The molecule has 0 bridgehead atoms. The number of phenolic OH excluding ortho intramolecular Hbond substituents is 1. The summed E-state index contributed by atoms with van der Waals surface area (Å²) in [5, 5.41) is 9.53. The van der Waals surface area contributed by atoms with E-state index in [-0.39, 0.29) is 16.3 Å². The number of aromatic hydroxyl groups is 1. The van der Waals surface area contributed by atoms with E-state index in [2.05, 4.69) is 0 Å². The number of nitrogens with zero attached hydrogens (tertiary/aromatic N) is 2. The zero-order valence-corrected chi connectivity index (χ0v) is 11.8. The Hall–Kier alpha value is -1.82. The van der Waals surface area contributed by atoms with Crippen LogP contribution in [0.15, 0.2) is 16.9 Å². The number of aromatic nitrogens is 2. The first-order chi connectivity index (χ1) is 10.0. The second-order valence-electron chi connectivity index (χ2n) is 5.06. The van der Waals surface area contributed by atoms with Crippen LogP contribution in [-0.2, 0) is 13.1 Å². The monoisotopic (exact) mass is 314 g/mol. The largest absolute Gasteiger partial charge is 0.505 e. The van der Waals surface area contributed by atoms with Crippen LogP contribution < -0.4 is 5.56 Å². The fourth-order valence-corrected chi connectivity index (χ4v) is 3.02. The van der Waals surface area contributed by atoms with Crippen molar-refractivity contribution in [2.45, 2.75) is 32.4 Å². The molecule has 0 unspecified atom stereocenters. The van der Waals surface area contributed by atoms with Crippen molar-refractivity contribution >= 4 is 11.6 Å². The van der Waals surface area contributed by atoms with E-state index in [0.29, 0.717) is 19.2 Å². The molecule has 0 spiro atoms. The molecule has 0 fully saturated rings. The van der Waals surface area contributed by atoms with E-state index in [4.69, 9.17) is 11.6 Å². The number of phenols is 1. The Bertz CT molecular complexity index is 767. The lowest BCUT2D eigenvalue weighted by Crippen LogP contribution is -2.22. The minimum atomic E-state index is -1.08. The Labute approximate surface area is 124 Å². The van der Waals surface area contributed by atoms with Gasteiger partial charge in [-0.15, -0.1) is 0 Å². The molecule has 1 aliphatic rings. The smallest absolute Gasteiger partial charge is 0.276 e. The fourth-order valence-electron chi connectivity index (χ4n) is 2.66. The molecule has 2 aromatic rings. The van der Waals surface area contributed by atoms with Crippen molar-refractivity contribution in [2.24, 2.45) is 0 Å². The van der Waals surface area contributed by atoms with Crippen LogP contribution in [0.25, 0.3) is 11.1 Å². The van der Waals surface area contributed by atoms with Crippen molar-refractivity contribution in [3.63, 3.8) is 0 Å². The van der Waals surface area contributed by atoms with Gasteiger partial charge in [-0.05, 0) is 25.3 Å². The van der Waals surface area contributed by atoms with Gasteiger partial charge in [0, 0.05) is 24.7 Å². The summed E-state index contributed by atoms with van der Waals surface area (Å²) >= 11 is 6.22. The number of benzene rings is 1. The standard InChI is InChI=1S/C14H13ClF2N2O2/c15-13-12(8-6-11(20)10(17)7-9(8)16)14(21)19-5-3-1-2-4-18(13)19/h6-7,20H,1-5H2. The zero-order valence-electron chi connectivity index (χ0n) is 11.1. The maximum atomic E-state index is 14.0. The van der Waals surface area contributed by atoms with Gasteiger partial charge >= 0.3 is 0 Å². The van der Waals surface area contributed by atoms with Crippen LogP contribution in [0, 0.1) is 11.6 Å². The first-order valence-electron chi connectivity index (χ1n) is 6.68. The molecule has 7 heteroatoms. The van der Waals surface area contributed by atoms with E-state index < -0.39 is 22.9 Å². The highest BCUT2D eigenvalue weighted by molar-refractivity contribution is 6.32. The average molecular weight is 315 g/mol. The predicted molar refractivity (Wildman–Crippen MR) is 74.6 cm³/mol. The molecule has 0 saturated heterocycles. The topological polar surface area (TPSA) is 47.2 Å². The molecule has 1 N–H and O–H groups in total. The lowest BCUT2D eigenvalue weighted by atomic mass is 10.1. The molecule has 1 aromatic heterocycles. The van der Waals surface area contributed by atoms with E-state index in [1.807, 2.05) is 0 Å². The minimum Gasteiger partial charge on any atom is -0.505 e. The number of halogens is 3. The van der Waals surface area contributed by atoms with Crippen molar-refractivity contribution in [2.75, 3.05) is 0 Å². The number of hydrogen-bond donors (Lipinski definition) is 1. The first kappa shape index (κ1) is 14.1. The normalized spacial score (nSPS) is 14.8. The van der Waals surface area contributed by atoms with Gasteiger partial charge < -0.3 is 5.11 Å². The third-order valence-corrected chi connectivity index (χ3v) is 4.10. The van der Waals surface area contributed by atoms with Crippen LogP contribution in [0.5, 0.6) is 5.75 Å². The van der Waals surface area contributed by atoms with E-state index >= 15 is 0 Å². The zero-order chi connectivity index (χ0) is 15.1. The second kappa shape index (κ2) is 5.18. The van der Waals surface area contributed by atoms with Gasteiger partial charge in [-0.25, -0.2) is 13.5 Å². The Morgan fingerprint density at radius 3 is 2.43 bits per heavy atom. The summed E-state index contributed by atoms with van der Waals surface area (Å²) in [5.41, 5.74) is -0.643. The third-order valence-electron chi connectivity index (χ3n) is 3.72. The number of rotatable bonds is 1. The van der Waals surface area contributed by atoms with Crippen LogP contribution in [-0.4, -0.2) is 14.5 Å². The lowest BCUT2D eigenvalue weighted by Gasteiger charge is -2.07. The molecule has 3 rings (SSSR count). The molecule has 0 saturated carbocycles. The summed E-state index contributed by atoms with van der Waals surface area (Å²) in [4.78, 5) is 12.5. The Kier molecular flexibility index (Phi) is 3.49. The first-order valence-corrected chi connectivity index (χ1v) is 7.06. The number of fused-ring (bicyclic) bond motifs is 1. The highest BCUT2D eigenvalue weighted by Gasteiger charge is 2.24. The summed E-state index contributed by atoms with van der Waals surface area (Å²) in [6.07, 6.45) is 2.72. The molecule has 1 aliphatic heterocycles. The van der Waals surface area contributed by atoms with Crippen molar-refractivity contribution < 1.29 is 13.9 Å². The molecule has 0 radical (unpaired) electrons. The molecule has 0 atom stereocenters. The molecule has 0 amide bonds. The molecule has 2 heterocycles. The summed E-state index contributed by atoms with van der Waals surface area (Å²) in [6, 6.07) is 1.45. The quantitative estimate of drug-likeness (QED) is 0.879. The van der Waals surface area contributed by atoms with Crippen LogP contribution in [0.3, 0.4) is 0 Å². The van der Waals surface area contributed by atoms with Gasteiger partial charge in [0.25, 0.3) is 5.56 Å². The molecular weight excluding hydrogens is 302 g/mol. The summed E-state index contributed by atoms with van der Waals surface area (Å²) in [6.45, 7) is 1.08. The molecule has 21 heavy (non-hydrogen) atoms. The third kappa shape index (κ3) is 2.23. The fraction of sp³-hybridized carbons (Fsp3) is 0.357. The van der Waals surface area contributed by atoms with E-state index in [9.17, 15) is 18.7 Å². The van der Waals surface area contributed by atoms with Gasteiger partial charge in [0.1, 0.15) is 11.0 Å². The van der Waals surface area contributed by atoms with Gasteiger partial charge in [0.15, 0.2) is 11.6 Å². The van der Waals surface area contributed by atoms with E-state index in [1.165, 1.54) is 4.68 Å². The van der Waals surface area contributed by atoms with Crippen molar-refractivity contribution in [3.8, 4) is 16.9 Å². The predicted octanol–water partition coefficient (Wildman–Crippen LogP) is 3.14. The molecule has 4 nitrogen and oxygen atoms in total. The SMILES string of the molecule is O=c1c(-c2cc(O)c(F)cc2F)c(Cl)n2n1CCCCC2. The maximum Gasteiger partial charge on any atom is 0.276 e. The van der Waals surface area contributed by atoms with Gasteiger partial charge in [-0.3, -0.25) is 9.48 Å². The summed E-state index contributed by atoms with van der Waals surface area (Å²) in [5.74, 6) is -2.72. The van der Waals surface area contributed by atoms with Crippen LogP contribution in [0.4, 0.5) is 8.78 Å². The van der Waals surface area contributed by atoms with E-state index in [1.54, 1.807) is 4.68 Å². The van der Waals surface area contributed by atoms with Gasteiger partial charge in [-0.2, -0.15) is 0 Å². The highest BCUT2D eigenvalue weighted by atomic mass is 35.5. The van der Waals surface area contributed by atoms with Crippen molar-refractivity contribution in [1.82, 2.24) is 9.36 Å². The Balaban J connectivity index is 2.25. The van der Waals surface area contributed by atoms with Crippen LogP contribution >= 0.6 is 11.6 Å².